The molecule has 0 N–H and O–H groups in total. The molecule has 2 atom stereocenters. The highest BCUT2D eigenvalue weighted by Crippen LogP contribution is 2.25. The fourth-order valence-corrected chi connectivity index (χ4v) is 1.55. The van der Waals surface area contributed by atoms with Crippen molar-refractivity contribution in [1.82, 2.24) is 0 Å². The third kappa shape index (κ3) is 4.08. The van der Waals surface area contributed by atoms with Gasteiger partial charge in [-0.25, -0.2) is 0 Å². The van der Waals surface area contributed by atoms with Gasteiger partial charge in [-0.1, -0.05) is 24.3 Å². The highest BCUT2D eigenvalue weighted by molar-refractivity contribution is 5.28. The predicted octanol–water partition coefficient (Wildman–Crippen LogP) is 3.90. The van der Waals surface area contributed by atoms with Gasteiger partial charge in [-0.3, -0.25) is 0 Å². The van der Waals surface area contributed by atoms with Crippen molar-refractivity contribution in [3.8, 4) is 5.75 Å². The molecule has 0 aromatic heterocycles. The van der Waals surface area contributed by atoms with Gasteiger partial charge in [-0.2, -0.15) is 0 Å². The van der Waals surface area contributed by atoms with Gasteiger partial charge in [0.2, 0.25) is 0 Å². The van der Waals surface area contributed by atoms with Crippen LogP contribution in [0, 0.1) is 0 Å². The molecule has 0 heterocycles. The van der Waals surface area contributed by atoms with Crippen molar-refractivity contribution >= 4 is 0 Å². The van der Waals surface area contributed by atoms with E-state index in [0.29, 0.717) is 0 Å². The quantitative estimate of drug-likeness (QED) is 0.664. The molecule has 2 heteroatoms. The molecule has 0 spiro atoms. The number of ether oxygens (including phenoxy) is 2. The van der Waals surface area contributed by atoms with Crippen LogP contribution in [0.15, 0.2) is 49.6 Å². The lowest BCUT2D eigenvalue weighted by molar-refractivity contribution is 0.0237. The Labute approximate surface area is 104 Å². The van der Waals surface area contributed by atoms with Crippen LogP contribution < -0.4 is 4.74 Å². The minimum Gasteiger partial charge on any atom is -0.497 e. The Hall–Kier alpha value is -1.54. The van der Waals surface area contributed by atoms with Gasteiger partial charge in [0, 0.05) is 0 Å². The van der Waals surface area contributed by atoms with Gasteiger partial charge in [-0.15, -0.1) is 13.2 Å². The second-order valence-electron chi connectivity index (χ2n) is 3.86. The molecule has 0 fully saturated rings. The van der Waals surface area contributed by atoms with E-state index in [-0.39, 0.29) is 12.2 Å². The SMILES string of the molecule is C=CC[C@H](O[C@H](C)C=C)c1ccc(OC)cc1. The van der Waals surface area contributed by atoms with Crippen molar-refractivity contribution in [3.63, 3.8) is 0 Å². The molecule has 0 radical (unpaired) electrons. The summed E-state index contributed by atoms with van der Waals surface area (Å²) >= 11 is 0. The predicted molar refractivity (Wildman–Crippen MR) is 71.3 cm³/mol. The summed E-state index contributed by atoms with van der Waals surface area (Å²) in [6.45, 7) is 9.47. The van der Waals surface area contributed by atoms with E-state index in [1.807, 2.05) is 37.3 Å². The summed E-state index contributed by atoms with van der Waals surface area (Å²) in [5.74, 6) is 0.850. The summed E-state index contributed by atoms with van der Waals surface area (Å²) in [7, 11) is 1.66. The summed E-state index contributed by atoms with van der Waals surface area (Å²) in [6.07, 6.45) is 4.49. The first-order chi connectivity index (χ1) is 8.21. The highest BCUT2D eigenvalue weighted by atomic mass is 16.5. The zero-order valence-electron chi connectivity index (χ0n) is 10.6. The molecule has 0 aliphatic heterocycles. The van der Waals surface area contributed by atoms with Gasteiger partial charge < -0.3 is 9.47 Å². The van der Waals surface area contributed by atoms with Gasteiger partial charge in [0.05, 0.1) is 19.3 Å². The van der Waals surface area contributed by atoms with E-state index in [4.69, 9.17) is 9.47 Å². The Bertz CT molecular complexity index is 354. The maximum Gasteiger partial charge on any atom is 0.118 e. The zero-order chi connectivity index (χ0) is 12.7. The topological polar surface area (TPSA) is 18.5 Å². The van der Waals surface area contributed by atoms with Crippen molar-refractivity contribution in [1.29, 1.82) is 0 Å². The van der Waals surface area contributed by atoms with Gasteiger partial charge in [-0.05, 0) is 31.0 Å². The summed E-state index contributed by atoms with van der Waals surface area (Å²) in [5.41, 5.74) is 1.12. The van der Waals surface area contributed by atoms with Gasteiger partial charge >= 0.3 is 0 Å². The van der Waals surface area contributed by atoms with Crippen LogP contribution in [0.5, 0.6) is 5.75 Å². The number of benzene rings is 1. The van der Waals surface area contributed by atoms with E-state index in [2.05, 4.69) is 13.2 Å². The van der Waals surface area contributed by atoms with Crippen LogP contribution in [0.4, 0.5) is 0 Å². The van der Waals surface area contributed by atoms with Crippen molar-refractivity contribution in [3.05, 3.63) is 55.1 Å². The number of hydrogen-bond acceptors (Lipinski definition) is 2. The Balaban J connectivity index is 2.80. The van der Waals surface area contributed by atoms with Crippen LogP contribution in [-0.4, -0.2) is 13.2 Å². The molecule has 0 saturated carbocycles. The van der Waals surface area contributed by atoms with E-state index in [1.54, 1.807) is 13.2 Å². The largest absolute Gasteiger partial charge is 0.497 e. The molecule has 0 aliphatic carbocycles. The van der Waals surface area contributed by atoms with Crippen molar-refractivity contribution in [2.45, 2.75) is 25.6 Å². The van der Waals surface area contributed by atoms with Crippen LogP contribution >= 0.6 is 0 Å². The van der Waals surface area contributed by atoms with Gasteiger partial charge in [0.25, 0.3) is 0 Å². The van der Waals surface area contributed by atoms with Gasteiger partial charge in [0.15, 0.2) is 0 Å². The molecule has 0 aliphatic rings. The highest BCUT2D eigenvalue weighted by Gasteiger charge is 2.12. The minimum atomic E-state index is 0.0198. The molecule has 17 heavy (non-hydrogen) atoms. The first-order valence-electron chi connectivity index (χ1n) is 5.74. The molecule has 0 saturated heterocycles. The lowest BCUT2D eigenvalue weighted by Gasteiger charge is -2.20. The molecule has 0 amide bonds. The second kappa shape index (κ2) is 6.92. The Morgan fingerprint density at radius 1 is 1.24 bits per heavy atom. The lowest BCUT2D eigenvalue weighted by Crippen LogP contribution is -2.11. The third-order valence-electron chi connectivity index (χ3n) is 2.58. The number of hydrogen-bond donors (Lipinski definition) is 0. The second-order valence-corrected chi connectivity index (χ2v) is 3.86. The average molecular weight is 232 g/mol. The minimum absolute atomic E-state index is 0.0198. The van der Waals surface area contributed by atoms with Crippen LogP contribution in [0.25, 0.3) is 0 Å². The molecule has 0 bridgehead atoms. The molecule has 2 nitrogen and oxygen atoms in total. The Morgan fingerprint density at radius 3 is 2.35 bits per heavy atom. The third-order valence-corrected chi connectivity index (χ3v) is 2.58. The van der Waals surface area contributed by atoms with E-state index < -0.39 is 0 Å². The lowest BCUT2D eigenvalue weighted by atomic mass is 10.1. The van der Waals surface area contributed by atoms with E-state index in [0.717, 1.165) is 17.7 Å². The monoisotopic (exact) mass is 232 g/mol. The van der Waals surface area contributed by atoms with Gasteiger partial charge in [0.1, 0.15) is 5.75 Å². The van der Waals surface area contributed by atoms with Crippen LogP contribution in [0.1, 0.15) is 25.0 Å². The molecule has 1 rings (SSSR count). The zero-order valence-corrected chi connectivity index (χ0v) is 10.6. The van der Waals surface area contributed by atoms with E-state index in [1.165, 1.54) is 0 Å². The summed E-state index contributed by atoms with van der Waals surface area (Å²) in [5, 5.41) is 0. The van der Waals surface area contributed by atoms with Crippen LogP contribution in [0.2, 0.25) is 0 Å². The molecule has 1 aromatic rings. The first kappa shape index (κ1) is 13.5. The normalized spacial score (nSPS) is 13.8. The fourth-order valence-electron chi connectivity index (χ4n) is 1.55. The smallest absolute Gasteiger partial charge is 0.118 e. The maximum atomic E-state index is 5.87. The summed E-state index contributed by atoms with van der Waals surface area (Å²) in [6, 6.07) is 7.91. The van der Waals surface area contributed by atoms with Crippen molar-refractivity contribution < 1.29 is 9.47 Å². The Kier molecular flexibility index (Phi) is 5.50. The molecule has 1 aromatic carbocycles. The van der Waals surface area contributed by atoms with Crippen molar-refractivity contribution in [2.24, 2.45) is 0 Å². The number of rotatable bonds is 7. The molecular formula is C15H20O2. The van der Waals surface area contributed by atoms with E-state index >= 15 is 0 Å². The van der Waals surface area contributed by atoms with Crippen LogP contribution in [0.3, 0.4) is 0 Å². The maximum absolute atomic E-state index is 5.87. The van der Waals surface area contributed by atoms with Crippen LogP contribution in [-0.2, 0) is 4.74 Å². The van der Waals surface area contributed by atoms with Crippen molar-refractivity contribution in [2.75, 3.05) is 7.11 Å². The summed E-state index contributed by atoms with van der Waals surface area (Å²) < 4.78 is 11.0. The van der Waals surface area contributed by atoms with E-state index in [9.17, 15) is 0 Å². The standard InChI is InChI=1S/C15H20O2/c1-5-7-15(17-12(3)6-2)13-8-10-14(16-4)11-9-13/h5-6,8-12,15H,1-2,7H2,3-4H3/t12-,15+/m1/s1. The Morgan fingerprint density at radius 2 is 1.88 bits per heavy atom. The fraction of sp³-hybridized carbons (Fsp3) is 0.333. The average Bonchev–Trinajstić information content (AvgIpc) is 2.38. The first-order valence-corrected chi connectivity index (χ1v) is 5.74. The molecule has 0 unspecified atom stereocenters. The molecular weight excluding hydrogens is 212 g/mol. The molecule has 92 valence electrons. The summed E-state index contributed by atoms with van der Waals surface area (Å²) in [4.78, 5) is 0. The number of methoxy groups -OCH3 is 1.